The molecule has 0 spiro atoms. The van der Waals surface area contributed by atoms with Crippen LogP contribution in [0.25, 0.3) is 0 Å². The van der Waals surface area contributed by atoms with Crippen LogP contribution in [0.15, 0.2) is 18.2 Å². The summed E-state index contributed by atoms with van der Waals surface area (Å²) in [4.78, 5) is 0. The normalized spacial score (nSPS) is 21.9. The third-order valence-electron chi connectivity index (χ3n) is 3.58. The summed E-state index contributed by atoms with van der Waals surface area (Å²) in [6.07, 6.45) is 2.79. The van der Waals surface area contributed by atoms with Crippen LogP contribution in [-0.2, 0) is 11.3 Å². The standard InChI is InChI=1S/C16H25NO3/c1-4-17-10-13-9-14(18-3)7-8-16(13)19-11-15-6-5-12(2)20-15/h7-9,12,15,17H,4-6,10-11H2,1-3H3. The maximum atomic E-state index is 5.95. The number of hydrogen-bond donors (Lipinski definition) is 1. The van der Waals surface area contributed by atoms with Gasteiger partial charge in [-0.05, 0) is 44.5 Å². The molecule has 20 heavy (non-hydrogen) atoms. The van der Waals surface area contributed by atoms with Crippen molar-refractivity contribution in [2.75, 3.05) is 20.3 Å². The van der Waals surface area contributed by atoms with Crippen LogP contribution < -0.4 is 14.8 Å². The Hall–Kier alpha value is -1.26. The zero-order chi connectivity index (χ0) is 14.4. The summed E-state index contributed by atoms with van der Waals surface area (Å²) in [5, 5.41) is 3.32. The first-order valence-corrected chi connectivity index (χ1v) is 7.38. The molecule has 1 N–H and O–H groups in total. The van der Waals surface area contributed by atoms with E-state index in [1.54, 1.807) is 7.11 Å². The lowest BCUT2D eigenvalue weighted by Gasteiger charge is -2.16. The molecule has 4 heteroatoms. The molecule has 1 aliphatic heterocycles. The van der Waals surface area contributed by atoms with Crippen LogP contribution in [0.4, 0.5) is 0 Å². The van der Waals surface area contributed by atoms with Crippen molar-refractivity contribution in [3.8, 4) is 11.5 Å². The fourth-order valence-corrected chi connectivity index (χ4v) is 2.41. The highest BCUT2D eigenvalue weighted by Crippen LogP contribution is 2.26. The summed E-state index contributed by atoms with van der Waals surface area (Å²) < 4.78 is 17.0. The van der Waals surface area contributed by atoms with E-state index in [-0.39, 0.29) is 6.10 Å². The second-order valence-electron chi connectivity index (χ2n) is 5.21. The van der Waals surface area contributed by atoms with Gasteiger partial charge in [-0.15, -0.1) is 0 Å². The molecule has 2 atom stereocenters. The average molecular weight is 279 g/mol. The van der Waals surface area contributed by atoms with E-state index in [0.717, 1.165) is 43.0 Å². The van der Waals surface area contributed by atoms with Crippen molar-refractivity contribution in [1.29, 1.82) is 0 Å². The van der Waals surface area contributed by atoms with E-state index in [2.05, 4.69) is 19.2 Å². The first-order valence-electron chi connectivity index (χ1n) is 7.38. The smallest absolute Gasteiger partial charge is 0.124 e. The van der Waals surface area contributed by atoms with Crippen molar-refractivity contribution in [1.82, 2.24) is 5.32 Å². The molecule has 0 aliphatic carbocycles. The lowest BCUT2D eigenvalue weighted by molar-refractivity contribution is 0.0262. The van der Waals surface area contributed by atoms with E-state index in [1.807, 2.05) is 18.2 Å². The zero-order valence-corrected chi connectivity index (χ0v) is 12.6. The number of methoxy groups -OCH3 is 1. The van der Waals surface area contributed by atoms with Crippen molar-refractivity contribution >= 4 is 0 Å². The van der Waals surface area contributed by atoms with Crippen molar-refractivity contribution in [2.24, 2.45) is 0 Å². The Morgan fingerprint density at radius 1 is 1.35 bits per heavy atom. The summed E-state index contributed by atoms with van der Waals surface area (Å²) in [7, 11) is 1.68. The number of nitrogens with one attached hydrogen (secondary N) is 1. The topological polar surface area (TPSA) is 39.7 Å². The largest absolute Gasteiger partial charge is 0.497 e. The second kappa shape index (κ2) is 7.50. The van der Waals surface area contributed by atoms with Gasteiger partial charge < -0.3 is 19.5 Å². The fraction of sp³-hybridized carbons (Fsp3) is 0.625. The van der Waals surface area contributed by atoms with Crippen LogP contribution in [0.2, 0.25) is 0 Å². The lowest BCUT2D eigenvalue weighted by atomic mass is 10.2. The molecule has 2 rings (SSSR count). The molecule has 0 radical (unpaired) electrons. The summed E-state index contributed by atoms with van der Waals surface area (Å²) in [6.45, 7) is 6.54. The molecule has 0 saturated carbocycles. The Labute approximate surface area is 121 Å². The summed E-state index contributed by atoms with van der Waals surface area (Å²) >= 11 is 0. The van der Waals surface area contributed by atoms with Crippen LogP contribution in [0.3, 0.4) is 0 Å². The molecule has 0 bridgehead atoms. The molecular weight excluding hydrogens is 254 g/mol. The second-order valence-corrected chi connectivity index (χ2v) is 5.21. The van der Waals surface area contributed by atoms with Crippen molar-refractivity contribution in [3.05, 3.63) is 23.8 Å². The van der Waals surface area contributed by atoms with Gasteiger partial charge in [-0.25, -0.2) is 0 Å². The monoisotopic (exact) mass is 279 g/mol. The molecule has 0 aromatic heterocycles. The summed E-state index contributed by atoms with van der Waals surface area (Å²) in [5.74, 6) is 1.77. The molecule has 4 nitrogen and oxygen atoms in total. The van der Waals surface area contributed by atoms with Crippen LogP contribution in [0.1, 0.15) is 32.3 Å². The minimum Gasteiger partial charge on any atom is -0.497 e. The number of benzene rings is 1. The molecule has 1 aromatic carbocycles. The van der Waals surface area contributed by atoms with Gasteiger partial charge in [0.25, 0.3) is 0 Å². The first-order chi connectivity index (χ1) is 9.72. The number of ether oxygens (including phenoxy) is 3. The van der Waals surface area contributed by atoms with Crippen molar-refractivity contribution < 1.29 is 14.2 Å². The molecule has 1 fully saturated rings. The van der Waals surface area contributed by atoms with Gasteiger partial charge in [0.2, 0.25) is 0 Å². The Kier molecular flexibility index (Phi) is 5.68. The Balaban J connectivity index is 1.97. The summed E-state index contributed by atoms with van der Waals surface area (Å²) in [6, 6.07) is 5.93. The maximum absolute atomic E-state index is 5.95. The van der Waals surface area contributed by atoms with Crippen molar-refractivity contribution in [2.45, 2.75) is 45.4 Å². The predicted molar refractivity (Wildman–Crippen MR) is 79.4 cm³/mol. The molecule has 0 amide bonds. The van der Waals surface area contributed by atoms with Crippen LogP contribution in [0.5, 0.6) is 11.5 Å². The van der Waals surface area contributed by atoms with E-state index in [9.17, 15) is 0 Å². The predicted octanol–water partition coefficient (Wildman–Crippen LogP) is 2.75. The van der Waals surface area contributed by atoms with E-state index >= 15 is 0 Å². The van der Waals surface area contributed by atoms with Gasteiger partial charge in [0.15, 0.2) is 0 Å². The molecule has 1 aromatic rings. The molecule has 1 saturated heterocycles. The van der Waals surface area contributed by atoms with Gasteiger partial charge >= 0.3 is 0 Å². The van der Waals surface area contributed by atoms with E-state index < -0.39 is 0 Å². The van der Waals surface area contributed by atoms with Gasteiger partial charge in [0.1, 0.15) is 18.1 Å². The molecule has 112 valence electrons. The maximum Gasteiger partial charge on any atom is 0.124 e. The Morgan fingerprint density at radius 2 is 2.20 bits per heavy atom. The number of hydrogen-bond acceptors (Lipinski definition) is 4. The van der Waals surface area contributed by atoms with Gasteiger partial charge in [-0.2, -0.15) is 0 Å². The minimum absolute atomic E-state index is 0.221. The van der Waals surface area contributed by atoms with Crippen molar-refractivity contribution in [3.63, 3.8) is 0 Å². The van der Waals surface area contributed by atoms with E-state index in [0.29, 0.717) is 12.7 Å². The Morgan fingerprint density at radius 3 is 2.85 bits per heavy atom. The Bertz CT molecular complexity index is 422. The fourth-order valence-electron chi connectivity index (χ4n) is 2.41. The number of rotatable bonds is 7. The van der Waals surface area contributed by atoms with Crippen LogP contribution in [0, 0.1) is 0 Å². The molecular formula is C16H25NO3. The van der Waals surface area contributed by atoms with Crippen LogP contribution in [-0.4, -0.2) is 32.5 Å². The van der Waals surface area contributed by atoms with E-state index in [4.69, 9.17) is 14.2 Å². The quantitative estimate of drug-likeness (QED) is 0.833. The van der Waals surface area contributed by atoms with Crippen LogP contribution >= 0.6 is 0 Å². The highest BCUT2D eigenvalue weighted by atomic mass is 16.5. The SMILES string of the molecule is CCNCc1cc(OC)ccc1OCC1CCC(C)O1. The molecule has 2 unspecified atom stereocenters. The third kappa shape index (κ3) is 4.12. The van der Waals surface area contributed by atoms with Gasteiger partial charge in [-0.3, -0.25) is 0 Å². The van der Waals surface area contributed by atoms with Gasteiger partial charge in [0.05, 0.1) is 19.3 Å². The minimum atomic E-state index is 0.221. The third-order valence-corrected chi connectivity index (χ3v) is 3.58. The highest BCUT2D eigenvalue weighted by molar-refractivity contribution is 5.40. The first kappa shape index (κ1) is 15.1. The van der Waals surface area contributed by atoms with Gasteiger partial charge in [-0.1, -0.05) is 6.92 Å². The highest BCUT2D eigenvalue weighted by Gasteiger charge is 2.22. The molecule has 1 aliphatic rings. The lowest BCUT2D eigenvalue weighted by Crippen LogP contribution is -2.19. The molecule has 1 heterocycles. The van der Waals surface area contributed by atoms with E-state index in [1.165, 1.54) is 0 Å². The summed E-state index contributed by atoms with van der Waals surface area (Å²) in [5.41, 5.74) is 1.12. The zero-order valence-electron chi connectivity index (χ0n) is 12.6. The average Bonchev–Trinajstić information content (AvgIpc) is 2.89. The van der Waals surface area contributed by atoms with Gasteiger partial charge in [0, 0.05) is 12.1 Å².